The van der Waals surface area contributed by atoms with E-state index in [-0.39, 0.29) is 0 Å². The van der Waals surface area contributed by atoms with E-state index in [0.29, 0.717) is 5.75 Å². The number of aliphatic hydroxyl groups is 1. The Balaban J connectivity index is 1.85. The first-order valence-corrected chi connectivity index (χ1v) is 8.65. The molecule has 0 spiro atoms. The van der Waals surface area contributed by atoms with Gasteiger partial charge in [-0.2, -0.15) is 0 Å². The second kappa shape index (κ2) is 6.73. The smallest absolute Gasteiger partial charge is 0.202 e. The van der Waals surface area contributed by atoms with Gasteiger partial charge in [0.25, 0.3) is 0 Å². The summed E-state index contributed by atoms with van der Waals surface area (Å²) in [7, 11) is 1.63. The number of aliphatic hydroxyl groups excluding tert-OH is 1. The second-order valence-electron chi connectivity index (χ2n) is 6.33. The standard InChI is InChI=1S/C22H21NO3/c1-15(24)22(26-17-13-11-16(25-2)12-14-17)23-20-9-5-3-7-18(20)19-8-4-6-10-21(19)23/h3-15,22,24H,1-2H3. The van der Waals surface area contributed by atoms with E-state index in [9.17, 15) is 5.11 Å². The molecule has 2 unspecified atom stereocenters. The molecule has 132 valence electrons. The highest BCUT2D eigenvalue weighted by atomic mass is 16.5. The molecule has 0 radical (unpaired) electrons. The minimum atomic E-state index is -0.698. The lowest BCUT2D eigenvalue weighted by Gasteiger charge is -2.25. The van der Waals surface area contributed by atoms with Gasteiger partial charge in [0.05, 0.1) is 18.1 Å². The minimum Gasteiger partial charge on any atom is -0.497 e. The normalized spacial score (nSPS) is 13.7. The molecule has 4 rings (SSSR count). The average Bonchev–Trinajstić information content (AvgIpc) is 3.01. The number of nitrogens with zero attached hydrogens (tertiary/aromatic N) is 1. The quantitative estimate of drug-likeness (QED) is 0.566. The maximum atomic E-state index is 10.5. The lowest BCUT2D eigenvalue weighted by atomic mass is 10.2. The fraction of sp³-hybridized carbons (Fsp3) is 0.182. The Bertz CT molecular complexity index is 981. The van der Waals surface area contributed by atoms with Crippen LogP contribution in [0, 0.1) is 0 Å². The van der Waals surface area contributed by atoms with Crippen LogP contribution >= 0.6 is 0 Å². The van der Waals surface area contributed by atoms with Crippen LogP contribution in [0.25, 0.3) is 21.8 Å². The van der Waals surface area contributed by atoms with E-state index < -0.39 is 12.3 Å². The molecular formula is C22H21NO3. The summed E-state index contributed by atoms with van der Waals surface area (Å²) in [4.78, 5) is 0. The number of fused-ring (bicyclic) bond motifs is 3. The molecule has 0 bridgehead atoms. The van der Waals surface area contributed by atoms with Crippen LogP contribution in [0.2, 0.25) is 0 Å². The van der Waals surface area contributed by atoms with Crippen molar-refractivity contribution in [3.8, 4) is 11.5 Å². The number of rotatable bonds is 5. The Morgan fingerprint density at radius 1 is 0.769 bits per heavy atom. The van der Waals surface area contributed by atoms with E-state index in [1.807, 2.05) is 48.5 Å². The lowest BCUT2D eigenvalue weighted by molar-refractivity contribution is 0.00670. The number of hydrogen-bond donors (Lipinski definition) is 1. The molecule has 4 heteroatoms. The number of para-hydroxylation sites is 2. The molecule has 4 aromatic rings. The van der Waals surface area contributed by atoms with E-state index in [0.717, 1.165) is 27.6 Å². The Kier molecular flexibility index (Phi) is 4.27. The van der Waals surface area contributed by atoms with Crippen LogP contribution in [0.3, 0.4) is 0 Å². The molecule has 1 heterocycles. The monoisotopic (exact) mass is 347 g/mol. The van der Waals surface area contributed by atoms with Gasteiger partial charge in [0.15, 0.2) is 0 Å². The van der Waals surface area contributed by atoms with Crippen molar-refractivity contribution in [3.05, 3.63) is 72.8 Å². The van der Waals surface area contributed by atoms with Crippen molar-refractivity contribution in [2.24, 2.45) is 0 Å². The lowest BCUT2D eigenvalue weighted by Crippen LogP contribution is -2.26. The van der Waals surface area contributed by atoms with E-state index in [1.54, 1.807) is 14.0 Å². The summed E-state index contributed by atoms with van der Waals surface area (Å²) in [6, 6.07) is 23.8. The molecule has 4 nitrogen and oxygen atoms in total. The van der Waals surface area contributed by atoms with Crippen LogP contribution in [0.15, 0.2) is 72.8 Å². The summed E-state index contributed by atoms with van der Waals surface area (Å²) in [6.07, 6.45) is -1.25. The number of benzene rings is 3. The van der Waals surface area contributed by atoms with E-state index in [4.69, 9.17) is 9.47 Å². The van der Waals surface area contributed by atoms with Gasteiger partial charge >= 0.3 is 0 Å². The van der Waals surface area contributed by atoms with Crippen LogP contribution in [0.5, 0.6) is 11.5 Å². The molecule has 1 N–H and O–H groups in total. The minimum absolute atomic E-state index is 0.548. The molecule has 0 saturated carbocycles. The highest BCUT2D eigenvalue weighted by Crippen LogP contribution is 2.34. The first-order valence-electron chi connectivity index (χ1n) is 8.65. The number of ether oxygens (including phenoxy) is 2. The predicted octanol–water partition coefficient (Wildman–Crippen LogP) is 4.76. The van der Waals surface area contributed by atoms with Crippen molar-refractivity contribution < 1.29 is 14.6 Å². The fourth-order valence-electron chi connectivity index (χ4n) is 3.39. The molecule has 26 heavy (non-hydrogen) atoms. The first kappa shape index (κ1) is 16.5. The van der Waals surface area contributed by atoms with Crippen molar-refractivity contribution in [1.29, 1.82) is 0 Å². The zero-order valence-electron chi connectivity index (χ0n) is 14.8. The summed E-state index contributed by atoms with van der Waals surface area (Å²) >= 11 is 0. The number of aromatic nitrogens is 1. The molecule has 0 saturated heterocycles. The maximum Gasteiger partial charge on any atom is 0.202 e. The van der Waals surface area contributed by atoms with Crippen molar-refractivity contribution in [1.82, 2.24) is 4.57 Å². The topological polar surface area (TPSA) is 43.6 Å². The van der Waals surface area contributed by atoms with Gasteiger partial charge in [-0.25, -0.2) is 0 Å². The predicted molar refractivity (Wildman–Crippen MR) is 104 cm³/mol. The van der Waals surface area contributed by atoms with Gasteiger partial charge in [0.1, 0.15) is 17.6 Å². The SMILES string of the molecule is COc1ccc(OC(C(C)O)n2c3ccccc3c3ccccc32)cc1. The highest BCUT2D eigenvalue weighted by molar-refractivity contribution is 6.08. The van der Waals surface area contributed by atoms with Crippen molar-refractivity contribution in [2.45, 2.75) is 19.3 Å². The largest absolute Gasteiger partial charge is 0.497 e. The van der Waals surface area contributed by atoms with Crippen molar-refractivity contribution in [3.63, 3.8) is 0 Å². The van der Waals surface area contributed by atoms with Crippen molar-refractivity contribution >= 4 is 21.8 Å². The molecule has 0 aliphatic heterocycles. The Morgan fingerprint density at radius 3 is 1.77 bits per heavy atom. The molecule has 0 aliphatic carbocycles. The molecule has 3 aromatic carbocycles. The zero-order chi connectivity index (χ0) is 18.1. The summed E-state index contributed by atoms with van der Waals surface area (Å²) in [5.74, 6) is 1.45. The molecule has 0 aliphatic rings. The number of hydrogen-bond acceptors (Lipinski definition) is 3. The Labute approximate surface area is 152 Å². The zero-order valence-corrected chi connectivity index (χ0v) is 14.8. The van der Waals surface area contributed by atoms with Gasteiger partial charge < -0.3 is 19.1 Å². The third-order valence-corrected chi connectivity index (χ3v) is 4.60. The Hall–Kier alpha value is -2.98. The van der Waals surface area contributed by atoms with E-state index in [1.165, 1.54) is 0 Å². The van der Waals surface area contributed by atoms with E-state index in [2.05, 4.69) is 28.8 Å². The van der Waals surface area contributed by atoms with Gasteiger partial charge in [0, 0.05) is 10.8 Å². The van der Waals surface area contributed by atoms with Crippen LogP contribution in [0.1, 0.15) is 13.2 Å². The van der Waals surface area contributed by atoms with E-state index >= 15 is 0 Å². The molecule has 0 amide bonds. The first-order chi connectivity index (χ1) is 12.7. The van der Waals surface area contributed by atoms with Crippen molar-refractivity contribution in [2.75, 3.05) is 7.11 Å². The van der Waals surface area contributed by atoms with Crippen LogP contribution in [-0.4, -0.2) is 22.9 Å². The number of methoxy groups -OCH3 is 1. The molecule has 1 aromatic heterocycles. The third-order valence-electron chi connectivity index (χ3n) is 4.60. The molecule has 0 fully saturated rings. The average molecular weight is 347 g/mol. The fourth-order valence-corrected chi connectivity index (χ4v) is 3.39. The van der Waals surface area contributed by atoms with Gasteiger partial charge in [-0.1, -0.05) is 36.4 Å². The van der Waals surface area contributed by atoms with Gasteiger partial charge in [-0.05, 0) is 43.3 Å². The van der Waals surface area contributed by atoms with Crippen LogP contribution < -0.4 is 9.47 Å². The molecule has 2 atom stereocenters. The van der Waals surface area contributed by atoms with Gasteiger partial charge in [0.2, 0.25) is 6.23 Å². The maximum absolute atomic E-state index is 10.5. The Morgan fingerprint density at radius 2 is 1.27 bits per heavy atom. The van der Waals surface area contributed by atoms with Gasteiger partial charge in [-0.3, -0.25) is 0 Å². The van der Waals surface area contributed by atoms with Crippen LogP contribution in [0.4, 0.5) is 0 Å². The summed E-state index contributed by atoms with van der Waals surface area (Å²) in [6.45, 7) is 1.75. The third kappa shape index (κ3) is 2.78. The second-order valence-corrected chi connectivity index (χ2v) is 6.33. The summed E-state index contributed by atoms with van der Waals surface area (Å²) < 4.78 is 13.5. The van der Waals surface area contributed by atoms with Gasteiger partial charge in [-0.15, -0.1) is 0 Å². The molecular weight excluding hydrogens is 326 g/mol. The van der Waals surface area contributed by atoms with Crippen LogP contribution in [-0.2, 0) is 0 Å². The summed E-state index contributed by atoms with van der Waals surface area (Å²) in [5, 5.41) is 12.8. The summed E-state index contributed by atoms with van der Waals surface area (Å²) in [5.41, 5.74) is 2.07. The highest BCUT2D eigenvalue weighted by Gasteiger charge is 2.23.